The molecule has 0 aromatic rings. The monoisotopic (exact) mass is 448 g/mol. The average molecular weight is 448 g/mol. The molecule has 1 atom stereocenters. The molecular weight excluding hydrogens is 434 g/mol. The van der Waals surface area contributed by atoms with Crippen LogP contribution in [0, 0.1) is 0 Å². The van der Waals surface area contributed by atoms with Crippen molar-refractivity contribution in [1.29, 1.82) is 0 Å². The molecule has 1 unspecified atom stereocenters. The molecule has 0 aromatic heterocycles. The predicted molar refractivity (Wildman–Crippen MR) is 65.9 cm³/mol. The number of hydrogen-bond acceptors (Lipinski definition) is 5. The van der Waals surface area contributed by atoms with E-state index in [0.717, 1.165) is 0 Å². The van der Waals surface area contributed by atoms with Gasteiger partial charge in [0.05, 0.1) is 0 Å². The van der Waals surface area contributed by atoms with E-state index in [1.54, 1.807) is 0 Å². The maximum atomic E-state index is 8.88. The minimum atomic E-state index is -4.89. The second-order valence-electron chi connectivity index (χ2n) is 2.03. The Balaban J connectivity index is -0.0000000376. The molecule has 0 saturated heterocycles. The van der Waals surface area contributed by atoms with Crippen LogP contribution in [0.4, 0.5) is 0 Å². The van der Waals surface area contributed by atoms with Gasteiger partial charge in [0.1, 0.15) is 0 Å². The average Bonchev–Trinajstić information content (AvgIpc) is 1.62. The van der Waals surface area contributed by atoms with Gasteiger partial charge in [-0.2, -0.15) is 9.90 Å². The van der Waals surface area contributed by atoms with Gasteiger partial charge in [0.25, 0.3) is 7.82 Å². The molecule has 136 valence electrons. The van der Waals surface area contributed by atoms with Crippen LogP contribution in [0.25, 0.3) is 0 Å². The zero-order chi connectivity index (χ0) is 18.0. The van der Waals surface area contributed by atoms with E-state index in [9.17, 15) is 0 Å². The van der Waals surface area contributed by atoms with Gasteiger partial charge in [0, 0.05) is 0 Å². The van der Waals surface area contributed by atoms with E-state index in [2.05, 4.69) is 0 Å². The minimum Gasteiger partial charge on any atom is -0.756 e. The third-order valence-electron chi connectivity index (χ3n) is 0. The van der Waals surface area contributed by atoms with Crippen LogP contribution in [0.3, 0.4) is 0 Å². The summed E-state index contributed by atoms with van der Waals surface area (Å²) in [7, 11) is -18.8. The number of rotatable bonds is 0. The predicted octanol–water partition coefficient (Wildman–Crippen LogP) is -7.28. The molecule has 16 nitrogen and oxygen atoms in total. The smallest absolute Gasteiger partial charge is 0.756 e. The summed E-state index contributed by atoms with van der Waals surface area (Å²) in [6, 6.07) is 0. The molecule has 0 aromatic carbocycles. The Morgan fingerprint density at radius 1 is 0.500 bits per heavy atom. The third-order valence-corrected chi connectivity index (χ3v) is 0. The van der Waals surface area contributed by atoms with E-state index < -0.39 is 31.3 Å². The molecule has 22 heavy (non-hydrogen) atoms. The summed E-state index contributed by atoms with van der Waals surface area (Å²) >= 11 is 0. The van der Waals surface area contributed by atoms with E-state index in [4.69, 9.17) is 77.0 Å². The first-order valence-electron chi connectivity index (χ1n) is 3.11. The zero-order valence-electron chi connectivity index (χ0n) is 10.5. The van der Waals surface area contributed by atoms with Gasteiger partial charge in [0.2, 0.25) is 0 Å². The molecule has 22 heteroatoms. The summed E-state index contributed by atoms with van der Waals surface area (Å²) in [5, 5.41) is 0. The minimum absolute atomic E-state index is 0. The summed E-state index contributed by atoms with van der Waals surface area (Å²) < 4.78 is 35.4. The molecule has 0 aliphatic rings. The Kier molecular flexibility index (Phi) is 29.0. The summed E-state index contributed by atoms with van der Waals surface area (Å²) in [5.41, 5.74) is 0. The fourth-order valence-corrected chi connectivity index (χ4v) is 0. The molecule has 0 aliphatic carbocycles. The summed E-state index contributed by atoms with van der Waals surface area (Å²) in [6.07, 6.45) is 0. The Bertz CT molecular complexity index is 287. The molecule has 0 amide bonds. The molecule has 0 bridgehead atoms. The van der Waals surface area contributed by atoms with Crippen molar-refractivity contribution in [2.45, 2.75) is 0 Å². The van der Waals surface area contributed by atoms with Crippen molar-refractivity contribution in [3.8, 4) is 0 Å². The normalized spacial score (nSPS) is 10.7. The van der Waals surface area contributed by atoms with E-state index >= 15 is 0 Å². The molecule has 0 aliphatic heterocycles. The fraction of sp³-hybridized carbons (Fsp3) is 0. The Hall–Kier alpha value is 1.87. The zero-order valence-corrected chi connectivity index (χ0v) is 17.4. The van der Waals surface area contributed by atoms with Crippen molar-refractivity contribution in [3.63, 3.8) is 0 Å². The van der Waals surface area contributed by atoms with Crippen LogP contribution in [0.2, 0.25) is 0 Å². The van der Waals surface area contributed by atoms with Crippen LogP contribution in [0.5, 0.6) is 0 Å². The van der Waals surface area contributed by atoms with Crippen LogP contribution in [-0.2, 0) is 18.3 Å². The number of hydrogen-bond donors (Lipinski definition) is 11. The van der Waals surface area contributed by atoms with Crippen LogP contribution < -0.4 is 34.5 Å². The molecule has 0 heterocycles. The van der Waals surface area contributed by atoms with E-state index in [0.29, 0.717) is 0 Å². The first kappa shape index (κ1) is 39.1. The van der Waals surface area contributed by atoms with Gasteiger partial charge in [0.15, 0.2) is 0 Å². The first-order chi connectivity index (χ1) is 8.00. The molecule has 11 N–H and O–H groups in total. The van der Waals surface area contributed by atoms with Crippen LogP contribution in [-0.4, -0.2) is 53.8 Å². The molecule has 0 saturated carbocycles. The molecule has 0 spiro atoms. The van der Waals surface area contributed by atoms with Gasteiger partial charge in [-0.15, -0.1) is 0 Å². The summed E-state index contributed by atoms with van der Waals surface area (Å²) in [5.74, 6) is 0. The van der Waals surface area contributed by atoms with E-state index in [1.807, 2.05) is 0 Å². The quantitative estimate of drug-likeness (QED) is 0.121. The maximum absolute atomic E-state index is 8.88. The van der Waals surface area contributed by atoms with Crippen molar-refractivity contribution in [2.24, 2.45) is 0 Å². The van der Waals surface area contributed by atoms with Gasteiger partial charge in [-0.05, 0) is 0 Å². The second kappa shape index (κ2) is 16.3. The van der Waals surface area contributed by atoms with Crippen LogP contribution in [0.15, 0.2) is 0 Å². The van der Waals surface area contributed by atoms with Crippen molar-refractivity contribution in [3.05, 3.63) is 0 Å². The summed E-state index contributed by atoms with van der Waals surface area (Å²) in [6.45, 7) is 0. The Morgan fingerprint density at radius 2 is 0.500 bits per heavy atom. The van der Waals surface area contributed by atoms with Crippen molar-refractivity contribution in [1.82, 2.24) is 0 Å². The summed E-state index contributed by atoms with van der Waals surface area (Å²) in [4.78, 5) is 87.6. The van der Waals surface area contributed by atoms with Gasteiger partial charge < -0.3 is 58.7 Å². The van der Waals surface area contributed by atoms with Crippen molar-refractivity contribution in [2.75, 3.05) is 0 Å². The molecule has 0 fully saturated rings. The van der Waals surface area contributed by atoms with Crippen molar-refractivity contribution >= 4 is 41.2 Å². The van der Waals surface area contributed by atoms with E-state index in [-0.39, 0.29) is 39.5 Å². The van der Waals surface area contributed by atoms with Gasteiger partial charge >= 0.3 is 53.0 Å². The maximum Gasteiger partial charge on any atom is 1.00 e. The van der Waals surface area contributed by atoms with Crippen molar-refractivity contribution < 1.29 is 107 Å². The second-order valence-corrected chi connectivity index (χ2v) is 6.09. The molecular formula is H14NaO16P5. The number of phosphoric acid groups is 4. The molecule has 0 radical (unpaired) electrons. The first-order valence-corrected chi connectivity index (χ1v) is 9.34. The van der Waals surface area contributed by atoms with Gasteiger partial charge in [-0.25, -0.2) is 13.7 Å². The van der Waals surface area contributed by atoms with Gasteiger partial charge in [-0.3, -0.25) is 4.57 Å². The van der Waals surface area contributed by atoms with Crippen LogP contribution >= 0.6 is 41.2 Å². The third kappa shape index (κ3) is 2720. The van der Waals surface area contributed by atoms with Gasteiger partial charge in [-0.1, -0.05) is 0 Å². The Labute approximate surface area is 147 Å². The Morgan fingerprint density at radius 3 is 0.500 bits per heavy atom. The van der Waals surface area contributed by atoms with E-state index in [1.165, 1.54) is 0 Å². The molecule has 0 rings (SSSR count). The largest absolute Gasteiger partial charge is 1.00 e. The topological polar surface area (TPSA) is 314 Å². The fourth-order valence-electron chi connectivity index (χ4n) is 0. The van der Waals surface area contributed by atoms with Crippen LogP contribution in [0.1, 0.15) is 0 Å². The standard InChI is InChI=1S/Na.4H3O4P.H3P/c;4*1-5(2,3)4;/h;4*(H3,1,2,3,4);1H3/q+1;;;;;/p-1. The SMILES string of the molecule is O=P(O)(O)O.O=P(O)(O)O.O=P(O)(O)O.O=P([O-])(O)O.P.[Na+].